The summed E-state index contributed by atoms with van der Waals surface area (Å²) in [4.78, 5) is 22.0. The number of Topliss-reactive ketones (excluding diaryl/α,β-unsaturated/α-hetero) is 1. The van der Waals surface area contributed by atoms with Gasteiger partial charge < -0.3 is 10.1 Å². The molecule has 138 valence electrons. The van der Waals surface area contributed by atoms with E-state index in [2.05, 4.69) is 25.4 Å². The van der Waals surface area contributed by atoms with E-state index in [4.69, 9.17) is 4.74 Å². The lowest BCUT2D eigenvalue weighted by Gasteiger charge is -2.00. The van der Waals surface area contributed by atoms with Gasteiger partial charge in [-0.1, -0.05) is 63.9 Å². The van der Waals surface area contributed by atoms with Crippen LogP contribution < -0.4 is 5.32 Å². The number of nitrogens with one attached hydrogen (secondary N) is 1. The Labute approximate surface area is 152 Å². The zero-order valence-electron chi connectivity index (χ0n) is 16.0. The Balaban J connectivity index is -0.000000351. The fraction of sp³-hybridized carbons (Fsp3) is 0.474. The summed E-state index contributed by atoms with van der Waals surface area (Å²) in [5.74, 6) is 0.0167. The molecular weight excluding hydrogens is 322 g/mol. The number of rotatable bonds is 10. The SMILES string of the molecule is C=C(C)SC(=C)C(C)=O.CC.CC/C=C\C(=C/COC)CNC=O. The molecule has 0 rings (SSSR count). The van der Waals surface area contributed by atoms with Gasteiger partial charge in [0, 0.05) is 18.6 Å². The second-order valence-corrected chi connectivity index (χ2v) is 5.72. The zero-order valence-corrected chi connectivity index (χ0v) is 16.8. The molecule has 24 heavy (non-hydrogen) atoms. The van der Waals surface area contributed by atoms with Crippen LogP contribution in [0.15, 0.2) is 46.8 Å². The summed E-state index contributed by atoms with van der Waals surface area (Å²) in [6.45, 7) is 17.7. The minimum absolute atomic E-state index is 0.0167. The predicted octanol–water partition coefficient (Wildman–Crippen LogP) is 4.65. The third-order valence-electron chi connectivity index (χ3n) is 2.16. The van der Waals surface area contributed by atoms with E-state index >= 15 is 0 Å². The average Bonchev–Trinajstić information content (AvgIpc) is 2.56. The number of hydrogen-bond donors (Lipinski definition) is 1. The van der Waals surface area contributed by atoms with Crippen molar-refractivity contribution in [3.63, 3.8) is 0 Å². The smallest absolute Gasteiger partial charge is 0.207 e. The molecule has 0 unspecified atom stereocenters. The maximum atomic E-state index is 10.5. The molecule has 0 aliphatic carbocycles. The van der Waals surface area contributed by atoms with Gasteiger partial charge in [0.2, 0.25) is 6.41 Å². The second kappa shape index (κ2) is 21.4. The average molecular weight is 356 g/mol. The summed E-state index contributed by atoms with van der Waals surface area (Å²) in [6, 6.07) is 0. The Kier molecular flexibility index (Phi) is 24.3. The van der Waals surface area contributed by atoms with Gasteiger partial charge in [-0.15, -0.1) is 0 Å². The molecule has 0 aliphatic rings. The zero-order chi connectivity index (χ0) is 19.4. The summed E-state index contributed by atoms with van der Waals surface area (Å²) in [6.07, 6.45) is 7.68. The largest absolute Gasteiger partial charge is 0.381 e. The summed E-state index contributed by atoms with van der Waals surface area (Å²) < 4.78 is 4.91. The normalized spacial score (nSPS) is 10.0. The number of carbonyl (C=O) groups excluding carboxylic acids is 2. The van der Waals surface area contributed by atoms with Gasteiger partial charge in [-0.25, -0.2) is 0 Å². The molecule has 0 bridgehead atoms. The number of hydrogen-bond acceptors (Lipinski definition) is 4. The van der Waals surface area contributed by atoms with Crippen molar-refractivity contribution in [2.24, 2.45) is 0 Å². The highest BCUT2D eigenvalue weighted by molar-refractivity contribution is 8.07. The maximum absolute atomic E-state index is 10.5. The number of amides is 1. The second-order valence-electron chi connectivity index (χ2n) is 4.33. The first-order chi connectivity index (χ1) is 11.4. The molecule has 0 aromatic heterocycles. The fourth-order valence-corrected chi connectivity index (χ4v) is 1.66. The minimum atomic E-state index is 0.0167. The van der Waals surface area contributed by atoms with Gasteiger partial charge in [0.15, 0.2) is 5.78 Å². The fourth-order valence-electron chi connectivity index (χ4n) is 1.10. The van der Waals surface area contributed by atoms with Crippen LogP contribution in [0.3, 0.4) is 0 Å². The number of carbonyl (C=O) groups is 2. The number of thioether (sulfide) groups is 1. The van der Waals surface area contributed by atoms with Gasteiger partial charge in [0.05, 0.1) is 6.61 Å². The highest BCUT2D eigenvalue weighted by atomic mass is 32.2. The van der Waals surface area contributed by atoms with E-state index in [1.165, 1.54) is 18.7 Å². The Morgan fingerprint density at radius 2 is 1.83 bits per heavy atom. The lowest BCUT2D eigenvalue weighted by atomic mass is 10.2. The Morgan fingerprint density at radius 1 is 1.25 bits per heavy atom. The molecule has 0 atom stereocenters. The van der Waals surface area contributed by atoms with Crippen molar-refractivity contribution in [2.45, 2.75) is 41.0 Å². The summed E-state index contributed by atoms with van der Waals surface area (Å²) in [5.41, 5.74) is 1.07. The van der Waals surface area contributed by atoms with Crippen LogP contribution in [0.5, 0.6) is 0 Å². The predicted molar refractivity (Wildman–Crippen MR) is 107 cm³/mol. The monoisotopic (exact) mass is 355 g/mol. The Morgan fingerprint density at radius 3 is 2.17 bits per heavy atom. The molecule has 0 saturated heterocycles. The summed E-state index contributed by atoms with van der Waals surface area (Å²) in [7, 11) is 1.64. The van der Waals surface area contributed by atoms with Crippen molar-refractivity contribution in [2.75, 3.05) is 20.3 Å². The van der Waals surface area contributed by atoms with E-state index in [1.807, 2.05) is 39.0 Å². The van der Waals surface area contributed by atoms with Crippen LogP contribution >= 0.6 is 11.8 Å². The third kappa shape index (κ3) is 22.7. The van der Waals surface area contributed by atoms with Crippen LogP contribution in [-0.4, -0.2) is 32.5 Å². The lowest BCUT2D eigenvalue weighted by molar-refractivity contribution is -0.113. The molecule has 0 radical (unpaired) electrons. The van der Waals surface area contributed by atoms with Crippen LogP contribution in [-0.2, 0) is 14.3 Å². The van der Waals surface area contributed by atoms with Crippen molar-refractivity contribution in [3.05, 3.63) is 46.8 Å². The van der Waals surface area contributed by atoms with Crippen LogP contribution in [0.2, 0.25) is 0 Å². The number of allylic oxidation sites excluding steroid dienone is 3. The molecule has 0 heterocycles. The van der Waals surface area contributed by atoms with Crippen molar-refractivity contribution in [3.8, 4) is 0 Å². The van der Waals surface area contributed by atoms with Gasteiger partial charge in [-0.3, -0.25) is 9.59 Å². The van der Waals surface area contributed by atoms with Crippen LogP contribution in [0.25, 0.3) is 0 Å². The van der Waals surface area contributed by atoms with Crippen LogP contribution in [0.1, 0.15) is 41.0 Å². The number of ketones is 1. The van der Waals surface area contributed by atoms with Crippen molar-refractivity contribution in [1.29, 1.82) is 0 Å². The van der Waals surface area contributed by atoms with E-state index in [0.717, 1.165) is 16.9 Å². The van der Waals surface area contributed by atoms with E-state index < -0.39 is 0 Å². The summed E-state index contributed by atoms with van der Waals surface area (Å²) in [5, 5.41) is 2.61. The molecule has 0 fully saturated rings. The molecule has 0 aromatic carbocycles. The Hall–Kier alpha value is -1.59. The van der Waals surface area contributed by atoms with Gasteiger partial charge >= 0.3 is 0 Å². The first kappa shape index (κ1) is 27.3. The molecule has 1 amide bonds. The minimum Gasteiger partial charge on any atom is -0.381 e. The van der Waals surface area contributed by atoms with Crippen molar-refractivity contribution < 1.29 is 14.3 Å². The van der Waals surface area contributed by atoms with Gasteiger partial charge in [-0.05, 0) is 30.7 Å². The molecule has 0 aromatic rings. The first-order valence-electron chi connectivity index (χ1n) is 7.93. The van der Waals surface area contributed by atoms with E-state index in [-0.39, 0.29) is 5.78 Å². The molecule has 5 heteroatoms. The number of methoxy groups -OCH3 is 1. The molecule has 1 N–H and O–H groups in total. The standard InChI is InChI=1S/C10H17NO2.C7H10OS.C2H6/c1-3-4-5-10(6-7-13-2)8-11-9-12;1-5(2)9-7(4)6(3)8;1-2/h4-6,9H,3,7-8H2,1-2H3,(H,11,12);1,4H2,2-3H3;1-2H3/b5-4-,10-6+;;. The molecular formula is C19H33NO3S. The lowest BCUT2D eigenvalue weighted by Crippen LogP contribution is -2.13. The van der Waals surface area contributed by atoms with Gasteiger partial charge in [0.25, 0.3) is 0 Å². The van der Waals surface area contributed by atoms with Crippen molar-refractivity contribution >= 4 is 24.0 Å². The molecule has 0 spiro atoms. The van der Waals surface area contributed by atoms with E-state index in [0.29, 0.717) is 24.5 Å². The van der Waals surface area contributed by atoms with Gasteiger partial charge in [-0.2, -0.15) is 0 Å². The molecule has 0 saturated carbocycles. The highest BCUT2D eigenvalue weighted by Crippen LogP contribution is 2.21. The molecule has 0 aliphatic heterocycles. The highest BCUT2D eigenvalue weighted by Gasteiger charge is 1.99. The quantitative estimate of drug-likeness (QED) is 0.352. The summed E-state index contributed by atoms with van der Waals surface area (Å²) >= 11 is 1.32. The van der Waals surface area contributed by atoms with E-state index in [9.17, 15) is 9.59 Å². The van der Waals surface area contributed by atoms with Crippen LogP contribution in [0, 0.1) is 0 Å². The Bertz CT molecular complexity index is 426. The third-order valence-corrected chi connectivity index (χ3v) is 3.04. The van der Waals surface area contributed by atoms with Gasteiger partial charge in [0.1, 0.15) is 0 Å². The van der Waals surface area contributed by atoms with E-state index in [1.54, 1.807) is 7.11 Å². The maximum Gasteiger partial charge on any atom is 0.207 e. The number of ether oxygens (including phenoxy) is 1. The van der Waals surface area contributed by atoms with Crippen molar-refractivity contribution in [1.82, 2.24) is 5.32 Å². The first-order valence-corrected chi connectivity index (χ1v) is 8.75. The molecule has 4 nitrogen and oxygen atoms in total. The van der Waals surface area contributed by atoms with Crippen LogP contribution in [0.4, 0.5) is 0 Å². The topological polar surface area (TPSA) is 55.4 Å².